The van der Waals surface area contributed by atoms with Crippen molar-refractivity contribution >= 4 is 0 Å². The van der Waals surface area contributed by atoms with Gasteiger partial charge < -0.3 is 18.9 Å². The van der Waals surface area contributed by atoms with Gasteiger partial charge in [-0.2, -0.15) is 0 Å². The number of methoxy groups -OCH3 is 1. The second-order valence-electron chi connectivity index (χ2n) is 5.33. The molecule has 0 N–H and O–H groups in total. The molecule has 0 radical (unpaired) electrons. The van der Waals surface area contributed by atoms with Crippen molar-refractivity contribution in [2.45, 2.75) is 52.7 Å². The second-order valence-corrected chi connectivity index (χ2v) is 5.33. The van der Waals surface area contributed by atoms with Crippen LogP contribution in [0.4, 0.5) is 0 Å². The third-order valence-corrected chi connectivity index (χ3v) is 3.34. The molecule has 0 bridgehead atoms. The minimum absolute atomic E-state index is 0.328. The average molecular weight is 326 g/mol. The molecule has 0 saturated heterocycles. The lowest BCUT2D eigenvalue weighted by atomic mass is 10.3. The average Bonchev–Trinajstić information content (AvgIpc) is 2.60. The Bertz CT molecular complexity index is 342. The minimum atomic E-state index is 0.328. The number of para-hydroxylation sites is 1. The molecule has 0 aliphatic heterocycles. The van der Waals surface area contributed by atoms with Crippen LogP contribution in [0.5, 0.6) is 5.75 Å². The van der Waals surface area contributed by atoms with Gasteiger partial charge in [-0.1, -0.05) is 32.0 Å². The molecule has 0 heterocycles. The minimum Gasteiger partial charge on any atom is -0.491 e. The van der Waals surface area contributed by atoms with Crippen LogP contribution in [-0.2, 0) is 14.2 Å². The highest BCUT2D eigenvalue weighted by atomic mass is 16.5. The molecule has 2 unspecified atom stereocenters. The van der Waals surface area contributed by atoms with Crippen molar-refractivity contribution in [2.75, 3.05) is 33.5 Å². The van der Waals surface area contributed by atoms with E-state index in [0.29, 0.717) is 38.6 Å². The monoisotopic (exact) mass is 326 g/mol. The van der Waals surface area contributed by atoms with Crippen LogP contribution in [0, 0.1) is 0 Å². The van der Waals surface area contributed by atoms with Gasteiger partial charge in [0.25, 0.3) is 0 Å². The lowest BCUT2D eigenvalue weighted by Crippen LogP contribution is -2.13. The van der Waals surface area contributed by atoms with Crippen molar-refractivity contribution in [3.05, 3.63) is 30.3 Å². The molecule has 23 heavy (non-hydrogen) atoms. The molecule has 1 aromatic carbocycles. The Hall–Kier alpha value is -1.10. The van der Waals surface area contributed by atoms with E-state index in [2.05, 4.69) is 27.7 Å². The molecule has 134 valence electrons. The molecule has 0 saturated carbocycles. The zero-order valence-electron chi connectivity index (χ0n) is 15.4. The molecule has 0 aromatic heterocycles. The first kappa shape index (κ1) is 21.9. The van der Waals surface area contributed by atoms with Crippen LogP contribution in [0.15, 0.2) is 30.3 Å². The standard InChI is InChI=1S/C12H18O2.C7H16O2/c1-3-11(2)13-9-10-14-12-7-5-4-6-8-12;1-4-7(2)9-6-5-8-3/h4-8,11H,3,9-10H2,1-2H3;7H,4-6H2,1-3H3. The summed E-state index contributed by atoms with van der Waals surface area (Å²) < 4.78 is 21.1. The van der Waals surface area contributed by atoms with Crippen molar-refractivity contribution in [3.63, 3.8) is 0 Å². The van der Waals surface area contributed by atoms with Crippen molar-refractivity contribution in [3.8, 4) is 5.75 Å². The number of hydrogen-bond acceptors (Lipinski definition) is 4. The Labute approximate surface area is 142 Å². The van der Waals surface area contributed by atoms with Crippen molar-refractivity contribution < 1.29 is 18.9 Å². The van der Waals surface area contributed by atoms with Crippen molar-refractivity contribution in [2.24, 2.45) is 0 Å². The fraction of sp³-hybridized carbons (Fsp3) is 0.684. The van der Waals surface area contributed by atoms with Gasteiger partial charge >= 0.3 is 0 Å². The van der Waals surface area contributed by atoms with E-state index in [1.807, 2.05) is 30.3 Å². The molecule has 4 heteroatoms. The lowest BCUT2D eigenvalue weighted by molar-refractivity contribution is 0.0248. The van der Waals surface area contributed by atoms with Crippen LogP contribution >= 0.6 is 0 Å². The Morgan fingerprint density at radius 3 is 1.78 bits per heavy atom. The van der Waals surface area contributed by atoms with Gasteiger partial charge in [0, 0.05) is 7.11 Å². The molecule has 0 amide bonds. The molecule has 0 fully saturated rings. The third kappa shape index (κ3) is 14.2. The maximum absolute atomic E-state index is 5.49. The van der Waals surface area contributed by atoms with Crippen LogP contribution in [0.2, 0.25) is 0 Å². The first-order valence-corrected chi connectivity index (χ1v) is 8.53. The second kappa shape index (κ2) is 15.8. The molecule has 1 aromatic rings. The number of hydrogen-bond donors (Lipinski definition) is 0. The zero-order chi connectivity index (χ0) is 17.3. The maximum Gasteiger partial charge on any atom is 0.119 e. The van der Waals surface area contributed by atoms with Crippen LogP contribution in [0.1, 0.15) is 40.5 Å². The molecular weight excluding hydrogens is 292 g/mol. The zero-order valence-corrected chi connectivity index (χ0v) is 15.4. The van der Waals surface area contributed by atoms with Gasteiger partial charge in [0.05, 0.1) is 32.0 Å². The van der Waals surface area contributed by atoms with Crippen LogP contribution in [-0.4, -0.2) is 45.7 Å². The molecule has 2 atom stereocenters. The summed E-state index contributed by atoms with van der Waals surface area (Å²) >= 11 is 0. The van der Waals surface area contributed by atoms with E-state index < -0.39 is 0 Å². The van der Waals surface area contributed by atoms with Crippen molar-refractivity contribution in [1.29, 1.82) is 0 Å². The Morgan fingerprint density at radius 2 is 1.30 bits per heavy atom. The van der Waals surface area contributed by atoms with E-state index in [1.165, 1.54) is 0 Å². The predicted molar refractivity (Wildman–Crippen MR) is 95.2 cm³/mol. The molecule has 1 rings (SSSR count). The van der Waals surface area contributed by atoms with Gasteiger partial charge in [-0.3, -0.25) is 0 Å². The number of rotatable bonds is 11. The third-order valence-electron chi connectivity index (χ3n) is 3.34. The quantitative estimate of drug-likeness (QED) is 0.567. The topological polar surface area (TPSA) is 36.9 Å². The highest BCUT2D eigenvalue weighted by Crippen LogP contribution is 2.07. The highest BCUT2D eigenvalue weighted by molar-refractivity contribution is 5.20. The summed E-state index contributed by atoms with van der Waals surface area (Å²) in [5.74, 6) is 0.903. The maximum atomic E-state index is 5.49. The van der Waals surface area contributed by atoms with E-state index in [1.54, 1.807) is 7.11 Å². The number of benzene rings is 1. The SMILES string of the molecule is CCC(C)OCCOC.CCC(C)OCCOc1ccccc1. The molecule has 4 nitrogen and oxygen atoms in total. The first-order valence-electron chi connectivity index (χ1n) is 8.53. The van der Waals surface area contributed by atoms with Gasteiger partial charge in [0.15, 0.2) is 0 Å². The fourth-order valence-corrected chi connectivity index (χ4v) is 1.49. The van der Waals surface area contributed by atoms with Crippen LogP contribution < -0.4 is 4.74 Å². The van der Waals surface area contributed by atoms with E-state index in [-0.39, 0.29) is 0 Å². The van der Waals surface area contributed by atoms with E-state index in [0.717, 1.165) is 18.6 Å². The van der Waals surface area contributed by atoms with Crippen LogP contribution in [0.25, 0.3) is 0 Å². The van der Waals surface area contributed by atoms with E-state index >= 15 is 0 Å². The highest BCUT2D eigenvalue weighted by Gasteiger charge is 1.97. The fourth-order valence-electron chi connectivity index (χ4n) is 1.49. The summed E-state index contributed by atoms with van der Waals surface area (Å²) in [5, 5.41) is 0. The number of ether oxygens (including phenoxy) is 4. The van der Waals surface area contributed by atoms with E-state index in [9.17, 15) is 0 Å². The Morgan fingerprint density at radius 1 is 0.783 bits per heavy atom. The Balaban J connectivity index is 0.000000468. The summed E-state index contributed by atoms with van der Waals surface area (Å²) in [6.45, 7) is 11.0. The van der Waals surface area contributed by atoms with Gasteiger partial charge in [0.2, 0.25) is 0 Å². The van der Waals surface area contributed by atoms with Crippen molar-refractivity contribution in [1.82, 2.24) is 0 Å². The van der Waals surface area contributed by atoms with Gasteiger partial charge in [-0.15, -0.1) is 0 Å². The normalized spacial score (nSPS) is 12.9. The summed E-state index contributed by atoms with van der Waals surface area (Å²) in [5.41, 5.74) is 0. The smallest absolute Gasteiger partial charge is 0.119 e. The summed E-state index contributed by atoms with van der Waals surface area (Å²) in [7, 11) is 1.68. The first-order chi connectivity index (χ1) is 11.1. The summed E-state index contributed by atoms with van der Waals surface area (Å²) in [6, 6.07) is 9.80. The van der Waals surface area contributed by atoms with E-state index in [4.69, 9.17) is 18.9 Å². The Kier molecular flexibility index (Phi) is 15.0. The lowest BCUT2D eigenvalue weighted by Gasteiger charge is -2.11. The van der Waals surface area contributed by atoms with Crippen LogP contribution in [0.3, 0.4) is 0 Å². The van der Waals surface area contributed by atoms with Gasteiger partial charge in [-0.05, 0) is 38.8 Å². The largest absolute Gasteiger partial charge is 0.491 e. The predicted octanol–water partition coefficient (Wildman–Crippen LogP) is 4.33. The molecular formula is C19H34O4. The molecule has 0 aliphatic carbocycles. The van der Waals surface area contributed by atoms with Gasteiger partial charge in [-0.25, -0.2) is 0 Å². The summed E-state index contributed by atoms with van der Waals surface area (Å²) in [6.07, 6.45) is 2.82. The van der Waals surface area contributed by atoms with Gasteiger partial charge in [0.1, 0.15) is 12.4 Å². The molecule has 0 aliphatic rings. The molecule has 0 spiro atoms. The summed E-state index contributed by atoms with van der Waals surface area (Å²) in [4.78, 5) is 0.